The van der Waals surface area contributed by atoms with Crippen LogP contribution in [0.5, 0.6) is 5.88 Å². The zero-order valence-corrected chi connectivity index (χ0v) is 16.3. The lowest BCUT2D eigenvalue weighted by molar-refractivity contribution is -0.139. The lowest BCUT2D eigenvalue weighted by atomic mass is 9.81. The van der Waals surface area contributed by atoms with Crippen molar-refractivity contribution in [3.05, 3.63) is 58.2 Å². The number of pyridine rings is 2. The number of rotatable bonds is 3. The maximum Gasteiger partial charge on any atom is 0.338 e. The number of hydrogen-bond acceptors (Lipinski definition) is 6. The van der Waals surface area contributed by atoms with Crippen LogP contribution in [-0.4, -0.2) is 22.5 Å². The molecule has 0 spiro atoms. The van der Waals surface area contributed by atoms with E-state index in [4.69, 9.17) is 20.2 Å². The van der Waals surface area contributed by atoms with E-state index in [9.17, 15) is 4.79 Å². The standard InChI is InChI=1S/C22H25N3O3/c1-3-27-22(26)17-13(2)28-21-19(18(17)14-9-11-24-12-10-14)20(23)15-7-5-4-6-8-16(15)25-21/h9-12,18H,3-8H2,1-2H3,(H2,23,25)/t18-/m0/s1. The Morgan fingerprint density at radius 2 is 2.00 bits per heavy atom. The molecular formula is C22H25N3O3. The highest BCUT2D eigenvalue weighted by Crippen LogP contribution is 2.47. The number of aryl methyl sites for hydroxylation is 1. The molecule has 0 aromatic carbocycles. The molecule has 2 aliphatic rings. The summed E-state index contributed by atoms with van der Waals surface area (Å²) in [7, 11) is 0. The third kappa shape index (κ3) is 3.13. The van der Waals surface area contributed by atoms with E-state index in [0.717, 1.165) is 48.1 Å². The summed E-state index contributed by atoms with van der Waals surface area (Å²) in [6, 6.07) is 3.80. The van der Waals surface area contributed by atoms with Crippen LogP contribution in [0, 0.1) is 0 Å². The third-order valence-corrected chi connectivity index (χ3v) is 5.51. The van der Waals surface area contributed by atoms with Gasteiger partial charge in [0.2, 0.25) is 5.88 Å². The molecule has 0 amide bonds. The molecule has 6 heteroatoms. The molecule has 28 heavy (non-hydrogen) atoms. The van der Waals surface area contributed by atoms with Gasteiger partial charge in [0.1, 0.15) is 5.76 Å². The van der Waals surface area contributed by atoms with Crippen LogP contribution in [0.3, 0.4) is 0 Å². The van der Waals surface area contributed by atoms with E-state index < -0.39 is 0 Å². The van der Waals surface area contributed by atoms with Crippen LogP contribution in [0.2, 0.25) is 0 Å². The molecule has 0 fully saturated rings. The smallest absolute Gasteiger partial charge is 0.338 e. The Kier molecular flexibility index (Phi) is 5.03. The lowest BCUT2D eigenvalue weighted by Gasteiger charge is -2.30. The second kappa shape index (κ2) is 7.62. The fourth-order valence-corrected chi connectivity index (χ4v) is 4.20. The van der Waals surface area contributed by atoms with Crippen LogP contribution in [0.25, 0.3) is 0 Å². The van der Waals surface area contributed by atoms with Crippen LogP contribution in [0.15, 0.2) is 35.9 Å². The van der Waals surface area contributed by atoms with E-state index in [1.807, 2.05) is 12.1 Å². The Hall–Kier alpha value is -2.89. The predicted octanol–water partition coefficient (Wildman–Crippen LogP) is 3.69. The fourth-order valence-electron chi connectivity index (χ4n) is 4.20. The molecule has 0 radical (unpaired) electrons. The van der Waals surface area contributed by atoms with Crippen LogP contribution >= 0.6 is 0 Å². The molecule has 2 N–H and O–H groups in total. The summed E-state index contributed by atoms with van der Waals surface area (Å²) in [5.41, 5.74) is 11.7. The molecule has 0 unspecified atom stereocenters. The predicted molar refractivity (Wildman–Crippen MR) is 106 cm³/mol. The number of allylic oxidation sites excluding steroid dienone is 1. The second-order valence-corrected chi connectivity index (χ2v) is 7.24. The number of carbonyl (C=O) groups excluding carboxylic acids is 1. The maximum absolute atomic E-state index is 12.8. The van der Waals surface area contributed by atoms with E-state index in [-0.39, 0.29) is 11.9 Å². The number of ether oxygens (including phenoxy) is 2. The van der Waals surface area contributed by atoms with Gasteiger partial charge in [-0.15, -0.1) is 0 Å². The Labute approximate surface area is 164 Å². The number of anilines is 1. The van der Waals surface area contributed by atoms with E-state index in [1.165, 1.54) is 6.42 Å². The van der Waals surface area contributed by atoms with Crippen molar-refractivity contribution in [2.45, 2.75) is 51.9 Å². The van der Waals surface area contributed by atoms with Gasteiger partial charge in [-0.25, -0.2) is 9.78 Å². The minimum atomic E-state index is -0.387. The minimum Gasteiger partial charge on any atom is -0.463 e. The van der Waals surface area contributed by atoms with Crippen molar-refractivity contribution >= 4 is 11.7 Å². The number of fused-ring (bicyclic) bond motifs is 2. The van der Waals surface area contributed by atoms with Crippen LogP contribution < -0.4 is 10.5 Å². The summed E-state index contributed by atoms with van der Waals surface area (Å²) in [6.07, 6.45) is 8.62. The van der Waals surface area contributed by atoms with Gasteiger partial charge in [0.15, 0.2) is 0 Å². The van der Waals surface area contributed by atoms with Crippen molar-refractivity contribution in [1.29, 1.82) is 0 Å². The first-order valence-electron chi connectivity index (χ1n) is 9.88. The lowest BCUT2D eigenvalue weighted by Crippen LogP contribution is -2.25. The van der Waals surface area contributed by atoms with E-state index >= 15 is 0 Å². The number of nitrogens with zero attached hydrogens (tertiary/aromatic N) is 2. The SMILES string of the molecule is CCOC(=O)C1=C(C)Oc2nc3c(c(N)c2[C@H]1c1ccncc1)CCCCC3. The average molecular weight is 379 g/mol. The van der Waals surface area contributed by atoms with Gasteiger partial charge in [-0.1, -0.05) is 6.42 Å². The summed E-state index contributed by atoms with van der Waals surface area (Å²) >= 11 is 0. The van der Waals surface area contributed by atoms with Crippen molar-refractivity contribution in [1.82, 2.24) is 9.97 Å². The molecule has 0 saturated carbocycles. The zero-order valence-electron chi connectivity index (χ0n) is 16.3. The highest BCUT2D eigenvalue weighted by molar-refractivity contribution is 5.93. The monoisotopic (exact) mass is 379 g/mol. The van der Waals surface area contributed by atoms with Crippen LogP contribution in [0.1, 0.15) is 61.4 Å². The molecular weight excluding hydrogens is 354 g/mol. The first-order valence-corrected chi connectivity index (χ1v) is 9.88. The molecule has 0 saturated heterocycles. The van der Waals surface area contributed by atoms with Gasteiger partial charge in [-0.3, -0.25) is 4.98 Å². The Morgan fingerprint density at radius 1 is 1.25 bits per heavy atom. The maximum atomic E-state index is 12.8. The van der Waals surface area contributed by atoms with Crippen molar-refractivity contribution in [3.63, 3.8) is 0 Å². The molecule has 2 aromatic heterocycles. The van der Waals surface area contributed by atoms with Gasteiger partial charge >= 0.3 is 5.97 Å². The topological polar surface area (TPSA) is 87.3 Å². The van der Waals surface area contributed by atoms with Gasteiger partial charge in [0, 0.05) is 23.8 Å². The van der Waals surface area contributed by atoms with Crippen molar-refractivity contribution in [2.75, 3.05) is 12.3 Å². The van der Waals surface area contributed by atoms with Gasteiger partial charge in [-0.05, 0) is 62.8 Å². The third-order valence-electron chi connectivity index (χ3n) is 5.51. The highest BCUT2D eigenvalue weighted by atomic mass is 16.5. The molecule has 1 aliphatic heterocycles. The number of nitrogens with two attached hydrogens (primary N) is 1. The second-order valence-electron chi connectivity index (χ2n) is 7.24. The average Bonchev–Trinajstić information content (AvgIpc) is 2.93. The first-order chi connectivity index (χ1) is 13.6. The minimum absolute atomic E-state index is 0.295. The largest absolute Gasteiger partial charge is 0.463 e. The van der Waals surface area contributed by atoms with E-state index in [1.54, 1.807) is 26.2 Å². The molecule has 6 nitrogen and oxygen atoms in total. The Bertz CT molecular complexity index is 938. The molecule has 4 rings (SSSR count). The molecule has 0 bridgehead atoms. The summed E-state index contributed by atoms with van der Waals surface area (Å²) in [5, 5.41) is 0. The van der Waals surface area contributed by atoms with Gasteiger partial charge in [0.05, 0.1) is 23.7 Å². The Morgan fingerprint density at radius 3 is 2.75 bits per heavy atom. The summed E-state index contributed by atoms with van der Waals surface area (Å²) in [6.45, 7) is 3.87. The van der Waals surface area contributed by atoms with Crippen molar-refractivity contribution < 1.29 is 14.3 Å². The summed E-state index contributed by atoms with van der Waals surface area (Å²) in [4.78, 5) is 21.8. The highest BCUT2D eigenvalue weighted by Gasteiger charge is 2.38. The van der Waals surface area contributed by atoms with E-state index in [0.29, 0.717) is 29.5 Å². The zero-order chi connectivity index (χ0) is 19.7. The number of esters is 1. The van der Waals surface area contributed by atoms with Gasteiger partial charge < -0.3 is 15.2 Å². The summed E-state index contributed by atoms with van der Waals surface area (Å²) < 4.78 is 11.4. The number of carbonyl (C=O) groups is 1. The fraction of sp³-hybridized carbons (Fsp3) is 0.409. The first kappa shape index (κ1) is 18.5. The summed E-state index contributed by atoms with van der Waals surface area (Å²) in [5.74, 6) is 0.243. The molecule has 1 atom stereocenters. The molecule has 2 aromatic rings. The van der Waals surface area contributed by atoms with Crippen LogP contribution in [-0.2, 0) is 22.4 Å². The van der Waals surface area contributed by atoms with Crippen molar-refractivity contribution in [2.24, 2.45) is 0 Å². The van der Waals surface area contributed by atoms with E-state index in [2.05, 4.69) is 4.98 Å². The van der Waals surface area contributed by atoms with Gasteiger partial charge in [-0.2, -0.15) is 0 Å². The van der Waals surface area contributed by atoms with Crippen LogP contribution in [0.4, 0.5) is 5.69 Å². The quantitative estimate of drug-likeness (QED) is 0.646. The number of aromatic nitrogens is 2. The van der Waals surface area contributed by atoms with Crippen molar-refractivity contribution in [3.8, 4) is 5.88 Å². The number of nitrogen functional groups attached to an aromatic ring is 1. The molecule has 1 aliphatic carbocycles. The number of hydrogen-bond donors (Lipinski definition) is 1. The molecule has 146 valence electrons. The van der Waals surface area contributed by atoms with Gasteiger partial charge in [0.25, 0.3) is 0 Å². The normalized spacial score (nSPS) is 18.6. The Balaban J connectivity index is 1.94. The molecule has 3 heterocycles.